The summed E-state index contributed by atoms with van der Waals surface area (Å²) in [7, 11) is -1.98. The fourth-order valence-electron chi connectivity index (χ4n) is 1.26. The molecule has 0 bridgehead atoms. The number of hydrogen-bond donors (Lipinski definition) is 3. The Kier molecular flexibility index (Phi) is 3.44. The summed E-state index contributed by atoms with van der Waals surface area (Å²) in [5.41, 5.74) is 6.62. The van der Waals surface area contributed by atoms with E-state index in [0.29, 0.717) is 11.4 Å². The van der Waals surface area contributed by atoms with E-state index in [0.717, 1.165) is 0 Å². The number of nitrogens with one attached hydrogen (secondary N) is 2. The third kappa shape index (κ3) is 2.86. The lowest BCUT2D eigenvalue weighted by molar-refractivity contribution is 0.574. The van der Waals surface area contributed by atoms with E-state index in [4.69, 9.17) is 5.73 Å². The normalized spacial score (nSPS) is 12.1. The van der Waals surface area contributed by atoms with Crippen molar-refractivity contribution in [3.8, 4) is 0 Å². The van der Waals surface area contributed by atoms with Crippen molar-refractivity contribution >= 4 is 21.7 Å². The monoisotopic (exact) mass is 247 g/mol. The Balaban J connectivity index is 2.97. The molecule has 0 atom stereocenters. The van der Waals surface area contributed by atoms with Crippen LogP contribution in [-0.2, 0) is 17.3 Å². The molecular weight excluding hydrogens is 230 g/mol. The van der Waals surface area contributed by atoms with Crippen LogP contribution in [0.3, 0.4) is 0 Å². The summed E-state index contributed by atoms with van der Waals surface area (Å²) in [5, 5.41) is 4.01. The number of aromatic nitrogens is 2. The molecule has 0 saturated carbocycles. The van der Waals surface area contributed by atoms with Crippen molar-refractivity contribution in [2.75, 3.05) is 10.5 Å². The van der Waals surface area contributed by atoms with Gasteiger partial charge < -0.3 is 5.73 Å². The standard InChI is InChI=1S/C8H17N5O2S/c1-5(2)11-16(14,15)12-8-7(9)6(3)10-13(8)4/h5,11-12H,9H2,1-4H3. The van der Waals surface area contributed by atoms with Gasteiger partial charge in [0, 0.05) is 13.1 Å². The summed E-state index contributed by atoms with van der Waals surface area (Å²) in [4.78, 5) is 0. The van der Waals surface area contributed by atoms with Gasteiger partial charge in [-0.05, 0) is 20.8 Å². The van der Waals surface area contributed by atoms with Crippen LogP contribution in [-0.4, -0.2) is 24.2 Å². The molecule has 0 spiro atoms. The molecule has 1 aromatic heterocycles. The zero-order valence-electron chi connectivity index (χ0n) is 9.77. The highest BCUT2D eigenvalue weighted by molar-refractivity contribution is 7.90. The van der Waals surface area contributed by atoms with Gasteiger partial charge in [0.2, 0.25) is 0 Å². The van der Waals surface area contributed by atoms with Crippen molar-refractivity contribution in [3.05, 3.63) is 5.69 Å². The van der Waals surface area contributed by atoms with Crippen LogP contribution >= 0.6 is 0 Å². The van der Waals surface area contributed by atoms with Gasteiger partial charge in [-0.3, -0.25) is 4.72 Å². The van der Waals surface area contributed by atoms with E-state index in [-0.39, 0.29) is 11.9 Å². The Morgan fingerprint density at radius 3 is 2.38 bits per heavy atom. The molecule has 1 aromatic rings. The molecule has 1 rings (SSSR count). The predicted octanol–water partition coefficient (Wildman–Crippen LogP) is -0.0346. The number of rotatable bonds is 4. The molecular formula is C8H17N5O2S. The van der Waals surface area contributed by atoms with E-state index in [1.165, 1.54) is 4.68 Å². The van der Waals surface area contributed by atoms with Gasteiger partial charge in [0.05, 0.1) is 11.4 Å². The van der Waals surface area contributed by atoms with Gasteiger partial charge in [-0.1, -0.05) is 0 Å². The second kappa shape index (κ2) is 4.30. The van der Waals surface area contributed by atoms with E-state index >= 15 is 0 Å². The van der Waals surface area contributed by atoms with Gasteiger partial charge in [-0.25, -0.2) is 4.68 Å². The van der Waals surface area contributed by atoms with Crippen LogP contribution in [0, 0.1) is 6.92 Å². The van der Waals surface area contributed by atoms with E-state index < -0.39 is 10.2 Å². The van der Waals surface area contributed by atoms with Crippen LogP contribution in [0.2, 0.25) is 0 Å². The molecule has 0 aliphatic carbocycles. The summed E-state index contributed by atoms with van der Waals surface area (Å²) in [6, 6.07) is -0.187. The molecule has 0 radical (unpaired) electrons. The van der Waals surface area contributed by atoms with E-state index in [1.54, 1.807) is 27.8 Å². The molecule has 4 N–H and O–H groups in total. The molecule has 1 heterocycles. The molecule has 16 heavy (non-hydrogen) atoms. The number of aryl methyl sites for hydroxylation is 2. The minimum absolute atomic E-state index is 0.187. The zero-order chi connectivity index (χ0) is 12.5. The molecule has 92 valence electrons. The molecule has 8 heteroatoms. The number of anilines is 2. The average Bonchev–Trinajstić information content (AvgIpc) is 2.29. The first kappa shape index (κ1) is 12.8. The van der Waals surface area contributed by atoms with Crippen molar-refractivity contribution in [1.82, 2.24) is 14.5 Å². The number of nitrogen functional groups attached to an aromatic ring is 1. The number of hydrogen-bond acceptors (Lipinski definition) is 4. The summed E-state index contributed by atoms with van der Waals surface area (Å²) < 4.78 is 29.3. The van der Waals surface area contributed by atoms with Gasteiger partial charge in [-0.15, -0.1) is 0 Å². The lowest BCUT2D eigenvalue weighted by Gasteiger charge is -2.12. The van der Waals surface area contributed by atoms with Crippen molar-refractivity contribution in [1.29, 1.82) is 0 Å². The first-order valence-corrected chi connectivity index (χ1v) is 6.30. The number of nitrogens with zero attached hydrogens (tertiary/aromatic N) is 2. The molecule has 0 amide bonds. The number of nitrogens with two attached hydrogens (primary N) is 1. The topological polar surface area (TPSA) is 102 Å². The highest BCUT2D eigenvalue weighted by Gasteiger charge is 2.17. The summed E-state index contributed by atoms with van der Waals surface area (Å²) in [6.45, 7) is 5.18. The van der Waals surface area contributed by atoms with E-state index in [2.05, 4.69) is 14.5 Å². The molecule has 0 fully saturated rings. The van der Waals surface area contributed by atoms with Gasteiger partial charge in [-0.2, -0.15) is 18.2 Å². The van der Waals surface area contributed by atoms with Crippen LogP contribution in [0.5, 0.6) is 0 Å². The Morgan fingerprint density at radius 1 is 1.44 bits per heavy atom. The lowest BCUT2D eigenvalue weighted by atomic mass is 10.4. The lowest BCUT2D eigenvalue weighted by Crippen LogP contribution is -2.35. The van der Waals surface area contributed by atoms with Gasteiger partial charge in [0.1, 0.15) is 0 Å². The summed E-state index contributed by atoms with van der Waals surface area (Å²) in [6.07, 6.45) is 0. The Bertz CT molecular complexity index is 477. The third-order valence-electron chi connectivity index (χ3n) is 1.89. The van der Waals surface area contributed by atoms with Gasteiger partial charge in [0.25, 0.3) is 0 Å². The van der Waals surface area contributed by atoms with Crippen LogP contribution in [0.1, 0.15) is 19.5 Å². The SMILES string of the molecule is Cc1nn(C)c(NS(=O)(=O)NC(C)C)c1N. The average molecular weight is 247 g/mol. The van der Waals surface area contributed by atoms with Gasteiger partial charge >= 0.3 is 10.2 Å². The molecule has 7 nitrogen and oxygen atoms in total. The minimum atomic E-state index is -3.61. The maximum Gasteiger partial charge on any atom is 0.300 e. The van der Waals surface area contributed by atoms with Crippen LogP contribution in [0.25, 0.3) is 0 Å². The first-order chi connectivity index (χ1) is 7.23. The molecule has 0 aliphatic heterocycles. The highest BCUT2D eigenvalue weighted by Crippen LogP contribution is 2.21. The van der Waals surface area contributed by atoms with Crippen molar-refractivity contribution in [2.24, 2.45) is 7.05 Å². The fraction of sp³-hybridized carbons (Fsp3) is 0.625. The van der Waals surface area contributed by atoms with Crippen molar-refractivity contribution in [3.63, 3.8) is 0 Å². The smallest absolute Gasteiger partial charge is 0.300 e. The van der Waals surface area contributed by atoms with Crippen LogP contribution in [0.15, 0.2) is 0 Å². The second-order valence-electron chi connectivity index (χ2n) is 3.85. The minimum Gasteiger partial charge on any atom is -0.394 e. The molecule has 0 unspecified atom stereocenters. The summed E-state index contributed by atoms with van der Waals surface area (Å²) in [5.74, 6) is 0.269. The van der Waals surface area contributed by atoms with Crippen LogP contribution in [0.4, 0.5) is 11.5 Å². The zero-order valence-corrected chi connectivity index (χ0v) is 10.6. The Hall–Kier alpha value is -1.28. The molecule has 0 aromatic carbocycles. The Labute approximate surface area is 95.2 Å². The van der Waals surface area contributed by atoms with Crippen LogP contribution < -0.4 is 15.2 Å². The van der Waals surface area contributed by atoms with E-state index in [1.807, 2.05) is 0 Å². The second-order valence-corrected chi connectivity index (χ2v) is 5.30. The summed E-state index contributed by atoms with van der Waals surface area (Å²) >= 11 is 0. The first-order valence-electron chi connectivity index (χ1n) is 4.82. The largest absolute Gasteiger partial charge is 0.394 e. The van der Waals surface area contributed by atoms with Crippen molar-refractivity contribution < 1.29 is 8.42 Å². The van der Waals surface area contributed by atoms with E-state index in [9.17, 15) is 8.42 Å². The van der Waals surface area contributed by atoms with Crippen molar-refractivity contribution in [2.45, 2.75) is 26.8 Å². The predicted molar refractivity (Wildman–Crippen MR) is 63.2 cm³/mol. The quantitative estimate of drug-likeness (QED) is 0.695. The fourth-order valence-corrected chi connectivity index (χ4v) is 2.44. The molecule has 0 aliphatic rings. The maximum absolute atomic E-state index is 11.6. The Morgan fingerprint density at radius 2 is 2.00 bits per heavy atom. The maximum atomic E-state index is 11.6. The third-order valence-corrected chi connectivity index (χ3v) is 3.13. The molecule has 0 saturated heterocycles. The van der Waals surface area contributed by atoms with Gasteiger partial charge in [0.15, 0.2) is 5.82 Å². The highest BCUT2D eigenvalue weighted by atomic mass is 32.2.